The Bertz CT molecular complexity index is 550. The monoisotopic (exact) mass is 296 g/mol. The summed E-state index contributed by atoms with van der Waals surface area (Å²) in [4.78, 5) is 13.7. The summed E-state index contributed by atoms with van der Waals surface area (Å²) in [7, 11) is 0. The molecular weight excluding hydrogens is 284 g/mol. The minimum Gasteiger partial charge on any atom is -0.481 e. The van der Waals surface area contributed by atoms with Gasteiger partial charge in [-0.3, -0.25) is 4.79 Å². The number of halogens is 1. The molecule has 0 aliphatic carbocycles. The van der Waals surface area contributed by atoms with Gasteiger partial charge in [0.25, 0.3) is 0 Å². The normalized spacial score (nSPS) is 12.8. The molecule has 0 aliphatic rings. The molecule has 5 heteroatoms. The number of aromatic nitrogens is 1. The molecule has 1 unspecified atom stereocenters. The van der Waals surface area contributed by atoms with Crippen molar-refractivity contribution in [1.82, 2.24) is 4.98 Å². The molecule has 90 valence electrons. The SMILES string of the molecule is NC(CCC(=O)O)c1cccc2c(Br)c[nH]c12. The minimum atomic E-state index is -0.819. The number of carbonyl (C=O) groups is 1. The van der Waals surface area contributed by atoms with Crippen LogP contribution in [0.4, 0.5) is 0 Å². The van der Waals surface area contributed by atoms with Gasteiger partial charge in [-0.2, -0.15) is 0 Å². The van der Waals surface area contributed by atoms with Crippen molar-refractivity contribution in [3.05, 3.63) is 34.4 Å². The van der Waals surface area contributed by atoms with Gasteiger partial charge in [-0.1, -0.05) is 18.2 Å². The van der Waals surface area contributed by atoms with Crippen molar-refractivity contribution in [3.63, 3.8) is 0 Å². The third kappa shape index (κ3) is 2.50. The van der Waals surface area contributed by atoms with E-state index >= 15 is 0 Å². The van der Waals surface area contributed by atoms with Crippen LogP contribution in [0.5, 0.6) is 0 Å². The fourth-order valence-electron chi connectivity index (χ4n) is 1.89. The van der Waals surface area contributed by atoms with Crippen molar-refractivity contribution in [1.29, 1.82) is 0 Å². The molecule has 1 aromatic heterocycles. The molecule has 0 saturated carbocycles. The van der Waals surface area contributed by atoms with Crippen LogP contribution in [-0.4, -0.2) is 16.1 Å². The van der Waals surface area contributed by atoms with Crippen LogP contribution in [0.25, 0.3) is 10.9 Å². The van der Waals surface area contributed by atoms with Crippen LogP contribution in [0.3, 0.4) is 0 Å². The Morgan fingerprint density at radius 3 is 3.00 bits per heavy atom. The van der Waals surface area contributed by atoms with Gasteiger partial charge in [-0.05, 0) is 27.9 Å². The number of rotatable bonds is 4. The first-order valence-corrected chi connectivity index (χ1v) is 6.11. The van der Waals surface area contributed by atoms with E-state index in [2.05, 4.69) is 20.9 Å². The summed E-state index contributed by atoms with van der Waals surface area (Å²) in [6.45, 7) is 0. The standard InChI is InChI=1S/C12H13BrN2O2/c13-9-6-15-12-7(9)2-1-3-8(12)10(14)4-5-11(16)17/h1-3,6,10,15H,4-5,14H2,(H,16,17). The number of hydrogen-bond donors (Lipinski definition) is 3. The number of nitrogens with one attached hydrogen (secondary N) is 1. The smallest absolute Gasteiger partial charge is 0.303 e. The number of carboxylic acid groups (broad SMARTS) is 1. The van der Waals surface area contributed by atoms with E-state index < -0.39 is 5.97 Å². The van der Waals surface area contributed by atoms with E-state index in [0.717, 1.165) is 20.9 Å². The van der Waals surface area contributed by atoms with E-state index in [-0.39, 0.29) is 12.5 Å². The van der Waals surface area contributed by atoms with E-state index in [9.17, 15) is 4.79 Å². The van der Waals surface area contributed by atoms with Gasteiger partial charge < -0.3 is 15.8 Å². The first-order valence-electron chi connectivity index (χ1n) is 5.32. The Kier molecular flexibility index (Phi) is 3.49. The van der Waals surface area contributed by atoms with Crippen LogP contribution in [-0.2, 0) is 4.79 Å². The fourth-order valence-corrected chi connectivity index (χ4v) is 2.33. The first-order chi connectivity index (χ1) is 8.09. The predicted molar refractivity (Wildman–Crippen MR) is 69.8 cm³/mol. The maximum atomic E-state index is 10.5. The summed E-state index contributed by atoms with van der Waals surface area (Å²) in [5.41, 5.74) is 7.94. The minimum absolute atomic E-state index is 0.0828. The summed E-state index contributed by atoms with van der Waals surface area (Å²) >= 11 is 3.45. The number of hydrogen-bond acceptors (Lipinski definition) is 2. The Balaban J connectivity index is 2.31. The molecule has 4 nitrogen and oxygen atoms in total. The highest BCUT2D eigenvalue weighted by molar-refractivity contribution is 9.10. The van der Waals surface area contributed by atoms with Crippen LogP contribution in [0, 0.1) is 0 Å². The number of para-hydroxylation sites is 1. The number of nitrogens with two attached hydrogens (primary N) is 1. The van der Waals surface area contributed by atoms with Crippen LogP contribution < -0.4 is 5.73 Å². The number of carboxylic acids is 1. The van der Waals surface area contributed by atoms with Crippen molar-refractivity contribution in [2.45, 2.75) is 18.9 Å². The van der Waals surface area contributed by atoms with Crippen LogP contribution in [0.2, 0.25) is 0 Å². The zero-order valence-corrected chi connectivity index (χ0v) is 10.7. The predicted octanol–water partition coefficient (Wildman–Crippen LogP) is 2.79. The Hall–Kier alpha value is -1.33. The lowest BCUT2D eigenvalue weighted by molar-refractivity contribution is -0.137. The molecule has 0 saturated heterocycles. The number of benzene rings is 1. The highest BCUT2D eigenvalue weighted by Crippen LogP contribution is 2.29. The summed E-state index contributed by atoms with van der Waals surface area (Å²) in [5, 5.41) is 9.72. The second-order valence-electron chi connectivity index (χ2n) is 3.95. The van der Waals surface area contributed by atoms with Gasteiger partial charge >= 0.3 is 5.97 Å². The van der Waals surface area contributed by atoms with Crippen LogP contribution in [0.15, 0.2) is 28.9 Å². The molecule has 1 aromatic carbocycles. The first kappa shape index (κ1) is 12.1. The van der Waals surface area contributed by atoms with Gasteiger partial charge in [0.2, 0.25) is 0 Å². The topological polar surface area (TPSA) is 79.1 Å². The fraction of sp³-hybridized carbons (Fsp3) is 0.250. The average Bonchev–Trinajstić information content (AvgIpc) is 2.68. The van der Waals surface area contributed by atoms with Gasteiger partial charge in [0.1, 0.15) is 0 Å². The maximum Gasteiger partial charge on any atom is 0.303 e. The van der Waals surface area contributed by atoms with Crippen molar-refractivity contribution < 1.29 is 9.90 Å². The van der Waals surface area contributed by atoms with Crippen LogP contribution in [0.1, 0.15) is 24.4 Å². The van der Waals surface area contributed by atoms with E-state index in [1.165, 1.54) is 0 Å². The van der Waals surface area contributed by atoms with Crippen molar-refractivity contribution in [3.8, 4) is 0 Å². The molecule has 0 amide bonds. The number of H-pyrrole nitrogens is 1. The lowest BCUT2D eigenvalue weighted by Crippen LogP contribution is -2.12. The van der Waals surface area contributed by atoms with Gasteiger partial charge in [-0.15, -0.1) is 0 Å². The molecule has 0 aliphatic heterocycles. The highest BCUT2D eigenvalue weighted by atomic mass is 79.9. The quantitative estimate of drug-likeness (QED) is 0.812. The number of aromatic amines is 1. The highest BCUT2D eigenvalue weighted by Gasteiger charge is 2.13. The van der Waals surface area contributed by atoms with Crippen molar-refractivity contribution >= 4 is 32.8 Å². The summed E-state index contributed by atoms with van der Waals surface area (Å²) < 4.78 is 0.986. The summed E-state index contributed by atoms with van der Waals surface area (Å²) in [6.07, 6.45) is 2.38. The van der Waals surface area contributed by atoms with Crippen molar-refractivity contribution in [2.24, 2.45) is 5.73 Å². The lowest BCUT2D eigenvalue weighted by Gasteiger charge is -2.11. The molecular formula is C12H13BrN2O2. The Morgan fingerprint density at radius 1 is 1.53 bits per heavy atom. The molecule has 17 heavy (non-hydrogen) atoms. The molecule has 2 aromatic rings. The molecule has 1 atom stereocenters. The lowest BCUT2D eigenvalue weighted by atomic mass is 10.0. The molecule has 4 N–H and O–H groups in total. The molecule has 2 rings (SSSR count). The van der Waals surface area contributed by atoms with E-state index in [1.54, 1.807) is 0 Å². The number of fused-ring (bicyclic) bond motifs is 1. The van der Waals surface area contributed by atoms with Gasteiger partial charge in [-0.25, -0.2) is 0 Å². The summed E-state index contributed by atoms with van der Waals surface area (Å²) in [6, 6.07) is 5.58. The third-order valence-electron chi connectivity index (χ3n) is 2.77. The summed E-state index contributed by atoms with van der Waals surface area (Å²) in [5.74, 6) is -0.819. The van der Waals surface area contributed by atoms with E-state index in [4.69, 9.17) is 10.8 Å². The molecule has 1 heterocycles. The van der Waals surface area contributed by atoms with E-state index in [0.29, 0.717) is 6.42 Å². The van der Waals surface area contributed by atoms with Gasteiger partial charge in [0.05, 0.1) is 5.52 Å². The molecule has 0 fully saturated rings. The average molecular weight is 297 g/mol. The zero-order chi connectivity index (χ0) is 12.4. The largest absolute Gasteiger partial charge is 0.481 e. The zero-order valence-electron chi connectivity index (χ0n) is 9.11. The van der Waals surface area contributed by atoms with Crippen molar-refractivity contribution in [2.75, 3.05) is 0 Å². The molecule has 0 bridgehead atoms. The maximum absolute atomic E-state index is 10.5. The number of aliphatic carboxylic acids is 1. The van der Waals surface area contributed by atoms with Gasteiger partial charge in [0.15, 0.2) is 0 Å². The van der Waals surface area contributed by atoms with Crippen LogP contribution >= 0.6 is 15.9 Å². The van der Waals surface area contributed by atoms with E-state index in [1.807, 2.05) is 24.4 Å². The van der Waals surface area contributed by atoms with Gasteiger partial charge in [0, 0.05) is 28.5 Å². The molecule has 0 radical (unpaired) electrons. The Morgan fingerprint density at radius 2 is 2.29 bits per heavy atom. The molecule has 0 spiro atoms. The second-order valence-corrected chi connectivity index (χ2v) is 4.80. The second kappa shape index (κ2) is 4.89. The Labute approximate surface area is 107 Å². The third-order valence-corrected chi connectivity index (χ3v) is 3.42.